The highest BCUT2D eigenvalue weighted by Crippen LogP contribution is 2.02. The van der Waals surface area contributed by atoms with Gasteiger partial charge in [-0.1, -0.05) is 30.3 Å². The molecule has 0 aromatic heterocycles. The molecular weight excluding hydrogens is 308 g/mol. The molecule has 132 valence electrons. The number of hydrogen-bond donors (Lipinski definition) is 3. The van der Waals surface area contributed by atoms with E-state index in [4.69, 9.17) is 0 Å². The van der Waals surface area contributed by atoms with E-state index in [1.807, 2.05) is 37.3 Å². The largest absolute Gasteiger partial charge is 0.355 e. The normalized spacial score (nSPS) is 11.3. The molecular formula is C17H26N4O3. The maximum atomic E-state index is 12.0. The van der Waals surface area contributed by atoms with E-state index in [2.05, 4.69) is 16.0 Å². The third kappa shape index (κ3) is 7.13. The molecule has 0 bridgehead atoms. The molecule has 0 spiro atoms. The van der Waals surface area contributed by atoms with Crippen LogP contribution in [0, 0.1) is 0 Å². The molecule has 0 saturated heterocycles. The van der Waals surface area contributed by atoms with Gasteiger partial charge >= 0.3 is 6.03 Å². The summed E-state index contributed by atoms with van der Waals surface area (Å²) in [6.07, 6.45) is 0.120. The lowest BCUT2D eigenvalue weighted by molar-refractivity contribution is -0.128. The van der Waals surface area contributed by atoms with Gasteiger partial charge in [0, 0.05) is 33.1 Å². The van der Waals surface area contributed by atoms with Crippen LogP contribution in [0.1, 0.15) is 25.8 Å². The molecule has 0 saturated carbocycles. The zero-order chi connectivity index (χ0) is 17.9. The van der Waals surface area contributed by atoms with Gasteiger partial charge in [0.05, 0.1) is 0 Å². The minimum atomic E-state index is -0.589. The first-order valence-electron chi connectivity index (χ1n) is 8.04. The van der Waals surface area contributed by atoms with E-state index >= 15 is 0 Å². The van der Waals surface area contributed by atoms with Crippen LogP contribution in [-0.4, -0.2) is 48.9 Å². The molecule has 0 aliphatic heterocycles. The number of nitrogens with zero attached hydrogens (tertiary/aromatic N) is 1. The fourth-order valence-corrected chi connectivity index (χ4v) is 2.05. The van der Waals surface area contributed by atoms with Gasteiger partial charge in [-0.15, -0.1) is 0 Å². The number of carbonyl (C=O) groups excluding carboxylic acids is 3. The van der Waals surface area contributed by atoms with E-state index in [0.29, 0.717) is 13.1 Å². The fourth-order valence-electron chi connectivity index (χ4n) is 2.05. The lowest BCUT2D eigenvalue weighted by Crippen LogP contribution is -2.45. The summed E-state index contributed by atoms with van der Waals surface area (Å²) in [5.74, 6) is -0.503. The molecule has 1 rings (SSSR count). The zero-order valence-corrected chi connectivity index (χ0v) is 14.5. The van der Waals surface area contributed by atoms with Gasteiger partial charge in [-0.2, -0.15) is 0 Å². The van der Waals surface area contributed by atoms with Crippen LogP contribution in [0.5, 0.6) is 0 Å². The van der Waals surface area contributed by atoms with Crippen molar-refractivity contribution in [3.63, 3.8) is 0 Å². The predicted octanol–water partition coefficient (Wildman–Crippen LogP) is 0.859. The second-order valence-corrected chi connectivity index (χ2v) is 5.51. The highest BCUT2D eigenvalue weighted by Gasteiger charge is 2.15. The van der Waals surface area contributed by atoms with Crippen LogP contribution in [0.4, 0.5) is 4.79 Å². The standard InChI is InChI=1S/C17H26N4O3/c1-4-18-16(23)13(2)20-15(22)10-11-19-17(24)21(3)12-14-8-6-5-7-9-14/h5-9,13H,4,10-12H2,1-3H3,(H,18,23)(H,19,24)(H,20,22)/t13-/m0/s1. The Hall–Kier alpha value is -2.57. The van der Waals surface area contributed by atoms with Gasteiger partial charge in [-0.25, -0.2) is 4.79 Å². The molecule has 4 amide bonds. The smallest absolute Gasteiger partial charge is 0.317 e. The number of nitrogens with one attached hydrogen (secondary N) is 3. The Balaban J connectivity index is 2.27. The first kappa shape index (κ1) is 19.5. The Morgan fingerprint density at radius 3 is 2.42 bits per heavy atom. The van der Waals surface area contributed by atoms with Crippen molar-refractivity contribution in [1.29, 1.82) is 0 Å². The Morgan fingerprint density at radius 2 is 1.79 bits per heavy atom. The summed E-state index contributed by atoms with van der Waals surface area (Å²) >= 11 is 0. The summed E-state index contributed by atoms with van der Waals surface area (Å²) in [5, 5.41) is 7.91. The van der Waals surface area contributed by atoms with Crippen molar-refractivity contribution in [3.05, 3.63) is 35.9 Å². The molecule has 1 aromatic rings. The predicted molar refractivity (Wildman–Crippen MR) is 92.2 cm³/mol. The monoisotopic (exact) mass is 334 g/mol. The number of carbonyl (C=O) groups is 3. The van der Waals surface area contributed by atoms with Crippen molar-refractivity contribution in [3.8, 4) is 0 Å². The summed E-state index contributed by atoms with van der Waals surface area (Å²) in [6, 6.07) is 8.81. The molecule has 0 aliphatic rings. The highest BCUT2D eigenvalue weighted by atomic mass is 16.2. The third-order valence-corrected chi connectivity index (χ3v) is 3.36. The van der Waals surface area contributed by atoms with Gasteiger partial charge in [0.25, 0.3) is 0 Å². The average Bonchev–Trinajstić information content (AvgIpc) is 2.55. The van der Waals surface area contributed by atoms with Gasteiger partial charge in [-0.05, 0) is 19.4 Å². The molecule has 0 unspecified atom stereocenters. The Kier molecular flexibility index (Phi) is 8.32. The average molecular weight is 334 g/mol. The van der Waals surface area contributed by atoms with Crippen LogP contribution >= 0.6 is 0 Å². The quantitative estimate of drug-likeness (QED) is 0.658. The maximum absolute atomic E-state index is 12.0. The molecule has 7 heteroatoms. The first-order chi connectivity index (χ1) is 11.4. The number of likely N-dealkylation sites (N-methyl/N-ethyl adjacent to an activating group) is 1. The van der Waals surface area contributed by atoms with Crippen LogP contribution < -0.4 is 16.0 Å². The van der Waals surface area contributed by atoms with Gasteiger partial charge in [0.2, 0.25) is 11.8 Å². The number of amides is 4. The van der Waals surface area contributed by atoms with Crippen molar-refractivity contribution in [2.24, 2.45) is 0 Å². The van der Waals surface area contributed by atoms with E-state index in [-0.39, 0.29) is 30.8 Å². The number of benzene rings is 1. The van der Waals surface area contributed by atoms with Gasteiger partial charge in [-0.3, -0.25) is 9.59 Å². The molecule has 3 N–H and O–H groups in total. The van der Waals surface area contributed by atoms with Crippen molar-refractivity contribution in [2.45, 2.75) is 32.9 Å². The first-order valence-corrected chi connectivity index (χ1v) is 8.04. The summed E-state index contributed by atoms with van der Waals surface area (Å²) in [6.45, 7) is 4.66. The fraction of sp³-hybridized carbons (Fsp3) is 0.471. The van der Waals surface area contributed by atoms with Gasteiger partial charge in [0.15, 0.2) is 0 Å². The second-order valence-electron chi connectivity index (χ2n) is 5.51. The number of urea groups is 1. The van der Waals surface area contributed by atoms with Crippen LogP contribution in [0.15, 0.2) is 30.3 Å². The topological polar surface area (TPSA) is 90.5 Å². The molecule has 1 atom stereocenters. The molecule has 7 nitrogen and oxygen atoms in total. The van der Waals surface area contributed by atoms with Crippen LogP contribution in [0.25, 0.3) is 0 Å². The molecule has 24 heavy (non-hydrogen) atoms. The molecule has 1 aromatic carbocycles. The zero-order valence-electron chi connectivity index (χ0n) is 14.5. The Morgan fingerprint density at radius 1 is 1.12 bits per heavy atom. The van der Waals surface area contributed by atoms with Crippen molar-refractivity contribution >= 4 is 17.8 Å². The third-order valence-electron chi connectivity index (χ3n) is 3.36. The maximum Gasteiger partial charge on any atom is 0.317 e. The highest BCUT2D eigenvalue weighted by molar-refractivity contribution is 5.87. The molecule has 0 aliphatic carbocycles. The van der Waals surface area contributed by atoms with E-state index < -0.39 is 6.04 Å². The minimum absolute atomic E-state index is 0.120. The van der Waals surface area contributed by atoms with Gasteiger partial charge < -0.3 is 20.9 Å². The summed E-state index contributed by atoms with van der Waals surface area (Å²) in [4.78, 5) is 36.8. The van der Waals surface area contributed by atoms with E-state index in [0.717, 1.165) is 5.56 Å². The second kappa shape index (κ2) is 10.3. The van der Waals surface area contributed by atoms with E-state index in [9.17, 15) is 14.4 Å². The summed E-state index contributed by atoms with van der Waals surface area (Å²) in [7, 11) is 1.69. The molecule has 0 fully saturated rings. The van der Waals surface area contributed by atoms with Crippen LogP contribution in [0.2, 0.25) is 0 Å². The van der Waals surface area contributed by atoms with Crippen molar-refractivity contribution in [2.75, 3.05) is 20.1 Å². The number of rotatable bonds is 8. The van der Waals surface area contributed by atoms with Crippen molar-refractivity contribution < 1.29 is 14.4 Å². The summed E-state index contributed by atoms with van der Waals surface area (Å²) in [5.41, 5.74) is 1.03. The van der Waals surface area contributed by atoms with Crippen LogP contribution in [0.3, 0.4) is 0 Å². The van der Waals surface area contributed by atoms with Gasteiger partial charge in [0.1, 0.15) is 6.04 Å². The van der Waals surface area contributed by atoms with E-state index in [1.165, 1.54) is 0 Å². The minimum Gasteiger partial charge on any atom is -0.355 e. The lowest BCUT2D eigenvalue weighted by atomic mass is 10.2. The number of hydrogen-bond acceptors (Lipinski definition) is 3. The summed E-state index contributed by atoms with van der Waals surface area (Å²) < 4.78 is 0. The van der Waals surface area contributed by atoms with Crippen molar-refractivity contribution in [1.82, 2.24) is 20.9 Å². The molecule has 0 radical (unpaired) electrons. The Labute approximate surface area is 142 Å². The SMILES string of the molecule is CCNC(=O)[C@H](C)NC(=O)CCNC(=O)N(C)Cc1ccccc1. The van der Waals surface area contributed by atoms with E-state index in [1.54, 1.807) is 18.9 Å². The van der Waals surface area contributed by atoms with Crippen LogP contribution in [-0.2, 0) is 16.1 Å². The molecule has 0 heterocycles. The Bertz CT molecular complexity index is 548. The lowest BCUT2D eigenvalue weighted by Gasteiger charge is -2.18.